The van der Waals surface area contributed by atoms with Crippen LogP contribution in [0, 0.1) is 17.0 Å². The van der Waals surface area contributed by atoms with Crippen molar-refractivity contribution < 1.29 is 4.92 Å². The minimum Gasteiger partial charge on any atom is -0.368 e. The molecule has 0 bridgehead atoms. The highest BCUT2D eigenvalue weighted by molar-refractivity contribution is 7.10. The Labute approximate surface area is 161 Å². The van der Waals surface area contributed by atoms with Gasteiger partial charge in [-0.2, -0.15) is 0 Å². The fourth-order valence-electron chi connectivity index (χ4n) is 2.77. The van der Waals surface area contributed by atoms with Crippen LogP contribution >= 0.6 is 11.3 Å². The van der Waals surface area contributed by atoms with Crippen molar-refractivity contribution in [1.82, 2.24) is 14.9 Å². The number of nitro groups is 1. The molecule has 140 valence electrons. The number of non-ortho nitro benzene ring substituents is 1. The summed E-state index contributed by atoms with van der Waals surface area (Å²) in [5.74, 6) is 1.17. The largest absolute Gasteiger partial charge is 0.368 e. The molecular formula is C19H21N5O2S. The summed E-state index contributed by atoms with van der Waals surface area (Å²) < 4.78 is 0. The van der Waals surface area contributed by atoms with E-state index in [1.165, 1.54) is 17.0 Å². The molecule has 1 atom stereocenters. The molecule has 1 N–H and O–H groups in total. The van der Waals surface area contributed by atoms with Gasteiger partial charge < -0.3 is 10.2 Å². The quantitative estimate of drug-likeness (QED) is 0.488. The Morgan fingerprint density at radius 1 is 1.22 bits per heavy atom. The zero-order chi connectivity index (χ0) is 19.4. The van der Waals surface area contributed by atoms with Crippen molar-refractivity contribution in [3.05, 3.63) is 68.5 Å². The van der Waals surface area contributed by atoms with Crippen LogP contribution in [0.2, 0.25) is 0 Å². The summed E-state index contributed by atoms with van der Waals surface area (Å²) >= 11 is 1.72. The van der Waals surface area contributed by atoms with E-state index in [-0.39, 0.29) is 11.7 Å². The summed E-state index contributed by atoms with van der Waals surface area (Å²) in [5.41, 5.74) is 1.45. The molecule has 1 aromatic carbocycles. The maximum absolute atomic E-state index is 11.0. The van der Waals surface area contributed by atoms with Gasteiger partial charge in [-0.05, 0) is 32.5 Å². The number of aryl methyl sites for hydroxylation is 1. The fourth-order valence-corrected chi connectivity index (χ4v) is 3.69. The third kappa shape index (κ3) is 4.66. The van der Waals surface area contributed by atoms with E-state index in [1.807, 2.05) is 33.2 Å². The van der Waals surface area contributed by atoms with Crippen molar-refractivity contribution in [2.75, 3.05) is 26.0 Å². The lowest BCUT2D eigenvalue weighted by atomic mass is 10.2. The van der Waals surface area contributed by atoms with Gasteiger partial charge >= 0.3 is 0 Å². The van der Waals surface area contributed by atoms with E-state index in [0.717, 1.165) is 5.69 Å². The maximum Gasteiger partial charge on any atom is 0.270 e. The summed E-state index contributed by atoms with van der Waals surface area (Å²) in [6, 6.07) is 12.6. The molecule has 8 heteroatoms. The SMILES string of the molecule is Cc1cc(NCC(c2cccs2)N(C)C)nc(-c2cccc([N+](=O)[O-])c2)n1. The average molecular weight is 383 g/mol. The van der Waals surface area contributed by atoms with E-state index in [2.05, 4.69) is 31.6 Å². The number of thiophene rings is 1. The van der Waals surface area contributed by atoms with Gasteiger partial charge in [0, 0.05) is 40.9 Å². The maximum atomic E-state index is 11.0. The van der Waals surface area contributed by atoms with Crippen LogP contribution in [0.3, 0.4) is 0 Å². The van der Waals surface area contributed by atoms with E-state index in [0.29, 0.717) is 23.8 Å². The number of likely N-dealkylation sites (N-methyl/N-ethyl adjacent to an activating group) is 1. The Kier molecular flexibility index (Phi) is 5.78. The first kappa shape index (κ1) is 18.9. The Morgan fingerprint density at radius 2 is 2.04 bits per heavy atom. The number of nitrogens with one attached hydrogen (secondary N) is 1. The lowest BCUT2D eigenvalue weighted by Gasteiger charge is -2.24. The average Bonchev–Trinajstić information content (AvgIpc) is 3.15. The minimum absolute atomic E-state index is 0.0254. The second-order valence-electron chi connectivity index (χ2n) is 6.40. The van der Waals surface area contributed by atoms with E-state index in [1.54, 1.807) is 23.5 Å². The lowest BCUT2D eigenvalue weighted by molar-refractivity contribution is -0.384. The Balaban J connectivity index is 1.83. The molecule has 2 heterocycles. The van der Waals surface area contributed by atoms with Gasteiger partial charge in [-0.25, -0.2) is 9.97 Å². The van der Waals surface area contributed by atoms with Gasteiger partial charge in [0.2, 0.25) is 0 Å². The molecule has 3 rings (SSSR count). The zero-order valence-electron chi connectivity index (χ0n) is 15.4. The van der Waals surface area contributed by atoms with Crippen molar-refractivity contribution in [2.24, 2.45) is 0 Å². The monoisotopic (exact) mass is 383 g/mol. The van der Waals surface area contributed by atoms with Crippen LogP contribution in [0.5, 0.6) is 0 Å². The van der Waals surface area contributed by atoms with Gasteiger partial charge in [-0.3, -0.25) is 10.1 Å². The first-order valence-corrected chi connectivity index (χ1v) is 9.36. The van der Waals surface area contributed by atoms with Crippen LogP contribution in [0.4, 0.5) is 11.5 Å². The molecule has 0 radical (unpaired) electrons. The number of hydrogen-bond donors (Lipinski definition) is 1. The van der Waals surface area contributed by atoms with Crippen molar-refractivity contribution in [3.63, 3.8) is 0 Å². The van der Waals surface area contributed by atoms with Gasteiger partial charge in [0.05, 0.1) is 11.0 Å². The van der Waals surface area contributed by atoms with Crippen LogP contribution in [0.25, 0.3) is 11.4 Å². The first-order valence-electron chi connectivity index (χ1n) is 8.48. The molecule has 0 aliphatic carbocycles. The van der Waals surface area contributed by atoms with Gasteiger partial charge in [-0.15, -0.1) is 11.3 Å². The third-order valence-corrected chi connectivity index (χ3v) is 5.11. The molecule has 0 amide bonds. The Hall–Kier alpha value is -2.84. The molecule has 7 nitrogen and oxygen atoms in total. The molecule has 0 aliphatic heterocycles. The van der Waals surface area contributed by atoms with E-state index in [9.17, 15) is 10.1 Å². The normalized spacial score (nSPS) is 12.1. The topological polar surface area (TPSA) is 84.2 Å². The summed E-state index contributed by atoms with van der Waals surface area (Å²) in [7, 11) is 4.09. The minimum atomic E-state index is -0.416. The van der Waals surface area contributed by atoms with Crippen molar-refractivity contribution in [3.8, 4) is 11.4 Å². The molecule has 0 fully saturated rings. The zero-order valence-corrected chi connectivity index (χ0v) is 16.2. The molecule has 3 aromatic rings. The number of rotatable bonds is 7. The smallest absolute Gasteiger partial charge is 0.270 e. The number of aromatic nitrogens is 2. The summed E-state index contributed by atoms with van der Waals surface area (Å²) in [4.78, 5) is 23.0. The molecule has 0 saturated carbocycles. The lowest BCUT2D eigenvalue weighted by Crippen LogP contribution is -2.26. The highest BCUT2D eigenvalue weighted by Crippen LogP contribution is 2.25. The number of hydrogen-bond acceptors (Lipinski definition) is 7. The molecular weight excluding hydrogens is 362 g/mol. The molecule has 0 aliphatic rings. The Bertz CT molecular complexity index is 928. The molecule has 0 saturated heterocycles. The predicted octanol–water partition coefficient (Wildman–Crippen LogP) is 4.14. The highest BCUT2D eigenvalue weighted by atomic mass is 32.1. The summed E-state index contributed by atoms with van der Waals surface area (Å²) in [6.45, 7) is 2.58. The molecule has 1 unspecified atom stereocenters. The van der Waals surface area contributed by atoms with Gasteiger partial charge in [-0.1, -0.05) is 18.2 Å². The van der Waals surface area contributed by atoms with E-state index >= 15 is 0 Å². The molecule has 2 aromatic heterocycles. The first-order chi connectivity index (χ1) is 12.9. The highest BCUT2D eigenvalue weighted by Gasteiger charge is 2.16. The standard InChI is InChI=1S/C19H21N5O2S/c1-13-10-18(20-12-16(23(2)3)17-8-5-9-27-17)22-19(21-13)14-6-4-7-15(11-14)24(25)26/h4-11,16H,12H2,1-3H3,(H,20,21,22). The fraction of sp³-hybridized carbons (Fsp3) is 0.263. The summed E-state index contributed by atoms with van der Waals surface area (Å²) in [5, 5.41) is 16.5. The predicted molar refractivity (Wildman–Crippen MR) is 108 cm³/mol. The third-order valence-electron chi connectivity index (χ3n) is 4.14. The van der Waals surface area contributed by atoms with Gasteiger partial charge in [0.25, 0.3) is 5.69 Å². The van der Waals surface area contributed by atoms with Gasteiger partial charge in [0.1, 0.15) is 5.82 Å². The van der Waals surface area contributed by atoms with Crippen molar-refractivity contribution >= 4 is 22.8 Å². The number of benzene rings is 1. The number of nitro benzene ring substituents is 1. The second kappa shape index (κ2) is 8.24. The molecule has 0 spiro atoms. The Morgan fingerprint density at radius 3 is 2.70 bits per heavy atom. The van der Waals surface area contributed by atoms with Crippen LogP contribution < -0.4 is 5.32 Å². The summed E-state index contributed by atoms with van der Waals surface area (Å²) in [6.07, 6.45) is 0. The van der Waals surface area contributed by atoms with Gasteiger partial charge in [0.15, 0.2) is 5.82 Å². The second-order valence-corrected chi connectivity index (χ2v) is 7.38. The van der Waals surface area contributed by atoms with E-state index in [4.69, 9.17) is 0 Å². The number of nitrogens with zero attached hydrogens (tertiary/aromatic N) is 4. The number of anilines is 1. The van der Waals surface area contributed by atoms with Crippen molar-refractivity contribution in [2.45, 2.75) is 13.0 Å². The van der Waals surface area contributed by atoms with Crippen LogP contribution in [0.15, 0.2) is 47.8 Å². The van der Waals surface area contributed by atoms with Crippen LogP contribution in [0.1, 0.15) is 16.6 Å². The van der Waals surface area contributed by atoms with Crippen LogP contribution in [-0.2, 0) is 0 Å². The van der Waals surface area contributed by atoms with Crippen LogP contribution in [-0.4, -0.2) is 40.4 Å². The van der Waals surface area contributed by atoms with Crippen molar-refractivity contribution in [1.29, 1.82) is 0 Å². The van der Waals surface area contributed by atoms with E-state index < -0.39 is 4.92 Å². The molecule has 27 heavy (non-hydrogen) atoms.